The molecule has 3 rings (SSSR count). The van der Waals surface area contributed by atoms with Crippen molar-refractivity contribution in [2.24, 2.45) is 0 Å². The number of esters is 1. The van der Waals surface area contributed by atoms with Gasteiger partial charge in [0.15, 0.2) is 0 Å². The molecule has 1 aliphatic rings. The molecule has 8 heteroatoms. The lowest BCUT2D eigenvalue weighted by atomic mass is 10.1. The summed E-state index contributed by atoms with van der Waals surface area (Å²) in [6, 6.07) is 15.8. The smallest absolute Gasteiger partial charge is 0.335 e. The molecule has 1 aliphatic heterocycles. The van der Waals surface area contributed by atoms with Gasteiger partial charge in [0.25, 0.3) is 5.69 Å². The topological polar surface area (TPSA) is 89.8 Å². The second-order valence-corrected chi connectivity index (χ2v) is 7.74. The number of benzene rings is 2. The van der Waals surface area contributed by atoms with Crippen molar-refractivity contribution in [2.75, 3.05) is 19.7 Å². The van der Waals surface area contributed by atoms with Gasteiger partial charge in [0, 0.05) is 30.8 Å². The van der Waals surface area contributed by atoms with E-state index in [4.69, 9.17) is 4.74 Å². The summed E-state index contributed by atoms with van der Waals surface area (Å²) in [5.41, 5.74) is 1.76. The van der Waals surface area contributed by atoms with Gasteiger partial charge in [-0.1, -0.05) is 42.0 Å². The molecule has 0 N–H and O–H groups in total. The predicted molar refractivity (Wildman–Crippen MR) is 112 cm³/mol. The Morgan fingerprint density at radius 2 is 1.83 bits per heavy atom. The zero-order valence-electron chi connectivity index (χ0n) is 16.4. The van der Waals surface area contributed by atoms with Gasteiger partial charge in [0.2, 0.25) is 0 Å². The van der Waals surface area contributed by atoms with Crippen LogP contribution in [-0.4, -0.2) is 39.1 Å². The molecule has 0 saturated carbocycles. The average Bonchev–Trinajstić information content (AvgIpc) is 2.74. The van der Waals surface area contributed by atoms with Crippen LogP contribution < -0.4 is 0 Å². The fraction of sp³-hybridized carbons (Fsp3) is 0.286. The van der Waals surface area contributed by atoms with Crippen molar-refractivity contribution >= 4 is 22.6 Å². The highest BCUT2D eigenvalue weighted by Gasteiger charge is 2.24. The van der Waals surface area contributed by atoms with E-state index in [1.165, 1.54) is 29.8 Å². The molecule has 0 saturated heterocycles. The van der Waals surface area contributed by atoms with Crippen LogP contribution in [0, 0.1) is 17.0 Å². The van der Waals surface area contributed by atoms with Gasteiger partial charge < -0.3 is 4.74 Å². The Labute approximate surface area is 172 Å². The third-order valence-corrected chi connectivity index (χ3v) is 5.53. The van der Waals surface area contributed by atoms with Gasteiger partial charge in [-0.25, -0.2) is 13.3 Å². The highest BCUT2D eigenvalue weighted by atomic mass is 32.2. The van der Waals surface area contributed by atoms with Crippen LogP contribution in [0.15, 0.2) is 71.1 Å². The number of aryl methyl sites for hydroxylation is 1. The molecule has 0 aromatic heterocycles. The SMILES string of the molecule is CCOC(=O)C1=CCCN(S(=O)c2ccc([N+](=O)[O-])cc2)C1.Cc1ccccc1. The highest BCUT2D eigenvalue weighted by molar-refractivity contribution is 7.82. The average molecular weight is 416 g/mol. The molecule has 154 valence electrons. The van der Waals surface area contributed by atoms with Crippen LogP contribution in [0.5, 0.6) is 0 Å². The van der Waals surface area contributed by atoms with Crippen LogP contribution in [0.2, 0.25) is 0 Å². The maximum Gasteiger partial charge on any atom is 0.335 e. The largest absolute Gasteiger partial charge is 0.463 e. The Balaban J connectivity index is 0.000000360. The van der Waals surface area contributed by atoms with Gasteiger partial charge >= 0.3 is 5.97 Å². The normalized spacial score (nSPS) is 14.8. The molecule has 1 unspecified atom stereocenters. The molecule has 29 heavy (non-hydrogen) atoms. The molecular formula is C21H24N2O5S. The summed E-state index contributed by atoms with van der Waals surface area (Å²) in [5.74, 6) is -0.395. The van der Waals surface area contributed by atoms with Gasteiger partial charge in [-0.05, 0) is 32.4 Å². The standard InChI is InChI=1S/C14H16N2O5S.C7H8/c1-2-21-14(17)11-4-3-9-15(10-11)22(20)13-7-5-12(6-8-13)16(18)19;1-7-5-3-2-4-6-7/h4-8H,2-3,9-10H2,1H3;2-6H,1H3. The number of non-ortho nitro benzene ring substituents is 1. The Morgan fingerprint density at radius 1 is 1.17 bits per heavy atom. The summed E-state index contributed by atoms with van der Waals surface area (Å²) in [6.07, 6.45) is 2.40. The molecule has 0 spiro atoms. The van der Waals surface area contributed by atoms with Crippen LogP contribution in [0.25, 0.3) is 0 Å². The minimum atomic E-state index is -1.47. The zero-order valence-corrected chi connectivity index (χ0v) is 17.3. The summed E-state index contributed by atoms with van der Waals surface area (Å²) in [4.78, 5) is 22.3. The minimum absolute atomic E-state index is 0.0495. The molecule has 2 aromatic rings. The third kappa shape index (κ3) is 6.92. The number of nitrogens with zero attached hydrogens (tertiary/aromatic N) is 2. The second-order valence-electron chi connectivity index (χ2n) is 6.26. The van der Waals surface area contributed by atoms with E-state index in [2.05, 4.69) is 19.1 Å². The molecule has 7 nitrogen and oxygen atoms in total. The number of carbonyl (C=O) groups is 1. The summed E-state index contributed by atoms with van der Waals surface area (Å²) in [7, 11) is -1.47. The van der Waals surface area contributed by atoms with Crippen molar-refractivity contribution in [1.29, 1.82) is 0 Å². The quantitative estimate of drug-likeness (QED) is 0.420. The number of carbonyl (C=O) groups excluding carboxylic acids is 1. The first-order valence-electron chi connectivity index (χ1n) is 9.21. The number of nitro groups is 1. The van der Waals surface area contributed by atoms with Gasteiger partial charge in [-0.2, -0.15) is 0 Å². The number of rotatable bonds is 5. The maximum absolute atomic E-state index is 12.5. The Kier molecular flexibility index (Phi) is 8.69. The van der Waals surface area contributed by atoms with Crippen molar-refractivity contribution in [3.63, 3.8) is 0 Å². The summed E-state index contributed by atoms with van der Waals surface area (Å²) < 4.78 is 19.1. The number of nitro benzene ring substituents is 1. The number of hydrogen-bond donors (Lipinski definition) is 0. The van der Waals surface area contributed by atoms with Gasteiger partial charge in [0.1, 0.15) is 11.0 Å². The number of hydrogen-bond acceptors (Lipinski definition) is 5. The van der Waals surface area contributed by atoms with E-state index in [0.717, 1.165) is 0 Å². The van der Waals surface area contributed by atoms with Crippen LogP contribution in [0.1, 0.15) is 18.9 Å². The summed E-state index contributed by atoms with van der Waals surface area (Å²) in [5, 5.41) is 10.6. The Bertz CT molecular complexity index is 882. The molecule has 1 heterocycles. The lowest BCUT2D eigenvalue weighted by Gasteiger charge is -2.25. The van der Waals surface area contributed by atoms with E-state index in [-0.39, 0.29) is 12.2 Å². The molecule has 0 radical (unpaired) electrons. The Hall–Kier alpha value is -2.84. The van der Waals surface area contributed by atoms with Crippen LogP contribution in [0.3, 0.4) is 0 Å². The Morgan fingerprint density at radius 3 is 2.34 bits per heavy atom. The van der Waals surface area contributed by atoms with E-state index < -0.39 is 21.9 Å². The van der Waals surface area contributed by atoms with Crippen molar-refractivity contribution in [1.82, 2.24) is 4.31 Å². The van der Waals surface area contributed by atoms with Crippen LogP contribution in [0.4, 0.5) is 5.69 Å². The molecule has 2 aromatic carbocycles. The monoisotopic (exact) mass is 416 g/mol. The van der Waals surface area contributed by atoms with Gasteiger partial charge in [-0.15, -0.1) is 0 Å². The fourth-order valence-electron chi connectivity index (χ4n) is 2.60. The fourth-order valence-corrected chi connectivity index (χ4v) is 3.79. The summed E-state index contributed by atoms with van der Waals surface area (Å²) >= 11 is 0. The first kappa shape index (κ1) is 22.4. The summed E-state index contributed by atoms with van der Waals surface area (Å²) in [6.45, 7) is 4.89. The molecule has 0 bridgehead atoms. The highest BCUT2D eigenvalue weighted by Crippen LogP contribution is 2.20. The van der Waals surface area contributed by atoms with Crippen LogP contribution in [-0.2, 0) is 20.5 Å². The zero-order chi connectivity index (χ0) is 21.2. The maximum atomic E-state index is 12.5. The van der Waals surface area contributed by atoms with E-state index in [1.807, 2.05) is 18.2 Å². The molecule has 0 aliphatic carbocycles. The number of ether oxygens (including phenoxy) is 1. The van der Waals surface area contributed by atoms with Crippen molar-refractivity contribution in [3.8, 4) is 0 Å². The van der Waals surface area contributed by atoms with Crippen molar-refractivity contribution < 1.29 is 18.7 Å². The molecule has 1 atom stereocenters. The molecular weight excluding hydrogens is 392 g/mol. The van der Waals surface area contributed by atoms with E-state index in [9.17, 15) is 19.1 Å². The lowest BCUT2D eigenvalue weighted by Crippen LogP contribution is -2.34. The van der Waals surface area contributed by atoms with Crippen LogP contribution >= 0.6 is 0 Å². The first-order chi connectivity index (χ1) is 13.9. The lowest BCUT2D eigenvalue weighted by molar-refractivity contribution is -0.384. The first-order valence-corrected chi connectivity index (χ1v) is 10.3. The van der Waals surface area contributed by atoms with Crippen molar-refractivity contribution in [3.05, 3.63) is 81.9 Å². The van der Waals surface area contributed by atoms with E-state index >= 15 is 0 Å². The second kappa shape index (κ2) is 11.2. The van der Waals surface area contributed by atoms with E-state index in [0.29, 0.717) is 30.0 Å². The minimum Gasteiger partial charge on any atom is -0.463 e. The van der Waals surface area contributed by atoms with Crippen molar-refractivity contribution in [2.45, 2.75) is 25.2 Å². The third-order valence-electron chi connectivity index (χ3n) is 4.08. The van der Waals surface area contributed by atoms with Gasteiger partial charge in [0.05, 0.1) is 16.4 Å². The molecule has 0 amide bonds. The van der Waals surface area contributed by atoms with E-state index in [1.54, 1.807) is 17.3 Å². The predicted octanol–water partition coefficient (Wildman–Crippen LogP) is 3.81. The molecule has 0 fully saturated rings. The van der Waals surface area contributed by atoms with Gasteiger partial charge in [-0.3, -0.25) is 10.1 Å².